The second-order valence-corrected chi connectivity index (χ2v) is 5.63. The Bertz CT molecular complexity index is 746. The van der Waals surface area contributed by atoms with Gasteiger partial charge in [0.15, 0.2) is 0 Å². The Balaban J connectivity index is 1.61. The van der Waals surface area contributed by atoms with Gasteiger partial charge in [-0.2, -0.15) is 0 Å². The fraction of sp³-hybridized carbons (Fsp3) is 0.222. The minimum absolute atomic E-state index is 0.0192. The number of carbonyl (C=O) groups is 2. The molecule has 2 aromatic rings. The molecule has 0 radical (unpaired) electrons. The Morgan fingerprint density at radius 2 is 1.69 bits per heavy atom. The van der Waals surface area contributed by atoms with E-state index in [4.69, 9.17) is 11.1 Å². The van der Waals surface area contributed by atoms with Crippen LogP contribution in [0.25, 0.3) is 0 Å². The molecule has 26 heavy (non-hydrogen) atoms. The maximum Gasteiger partial charge on any atom is 0.239 e. The van der Waals surface area contributed by atoms with Gasteiger partial charge in [0, 0.05) is 31.0 Å². The molecule has 0 saturated heterocycles. The lowest BCUT2D eigenvalue weighted by Gasteiger charge is -2.08. The van der Waals surface area contributed by atoms with Crippen LogP contribution >= 0.6 is 0 Å². The highest BCUT2D eigenvalue weighted by Gasteiger charge is 2.05. The number of hydrogen-bond acceptors (Lipinski definition) is 5. The van der Waals surface area contributed by atoms with Crippen LogP contribution in [-0.4, -0.2) is 35.7 Å². The highest BCUT2D eigenvalue weighted by Crippen LogP contribution is 2.03. The van der Waals surface area contributed by atoms with Gasteiger partial charge < -0.3 is 21.7 Å². The third kappa shape index (κ3) is 6.70. The van der Waals surface area contributed by atoms with Crippen LogP contribution in [0.4, 0.5) is 0 Å². The molecule has 8 heteroatoms. The Hall–Kier alpha value is -3.26. The van der Waals surface area contributed by atoms with E-state index in [2.05, 4.69) is 20.9 Å². The van der Waals surface area contributed by atoms with Crippen molar-refractivity contribution >= 4 is 17.6 Å². The predicted octanol–water partition coefficient (Wildman–Crippen LogP) is -0.112. The van der Waals surface area contributed by atoms with Crippen LogP contribution in [0.2, 0.25) is 0 Å². The van der Waals surface area contributed by atoms with E-state index < -0.39 is 0 Å². The molecule has 0 aliphatic rings. The lowest BCUT2D eigenvalue weighted by molar-refractivity contribution is -0.125. The first-order valence-corrected chi connectivity index (χ1v) is 8.11. The summed E-state index contributed by atoms with van der Waals surface area (Å²) in [5, 5.41) is 15.6. The third-order valence-corrected chi connectivity index (χ3v) is 3.54. The van der Waals surface area contributed by atoms with Crippen molar-refractivity contribution in [3.05, 3.63) is 65.5 Å². The number of amidine groups is 1. The minimum Gasteiger partial charge on any atom is -0.384 e. The quantitative estimate of drug-likeness (QED) is 0.316. The summed E-state index contributed by atoms with van der Waals surface area (Å²) in [7, 11) is 0. The van der Waals surface area contributed by atoms with Gasteiger partial charge in [-0.25, -0.2) is 0 Å². The van der Waals surface area contributed by atoms with E-state index in [1.807, 2.05) is 18.2 Å². The van der Waals surface area contributed by atoms with Gasteiger partial charge in [0.1, 0.15) is 5.84 Å². The number of nitrogens with two attached hydrogens (primary N) is 1. The molecule has 0 aliphatic carbocycles. The molecule has 0 spiro atoms. The number of aromatic nitrogens is 1. The highest BCUT2D eigenvalue weighted by molar-refractivity contribution is 5.94. The molecule has 0 unspecified atom stereocenters. The predicted molar refractivity (Wildman–Crippen MR) is 98.3 cm³/mol. The van der Waals surface area contributed by atoms with Crippen molar-refractivity contribution < 1.29 is 9.59 Å². The van der Waals surface area contributed by atoms with Crippen LogP contribution in [-0.2, 0) is 22.7 Å². The molecule has 8 nitrogen and oxygen atoms in total. The van der Waals surface area contributed by atoms with Gasteiger partial charge in [-0.1, -0.05) is 30.3 Å². The fourth-order valence-corrected chi connectivity index (χ4v) is 2.13. The Kier molecular flexibility index (Phi) is 7.26. The number of pyridine rings is 1. The van der Waals surface area contributed by atoms with Crippen molar-refractivity contribution in [2.24, 2.45) is 5.73 Å². The van der Waals surface area contributed by atoms with Crippen molar-refractivity contribution in [1.29, 1.82) is 5.41 Å². The number of nitrogen functional groups attached to an aromatic ring is 1. The van der Waals surface area contributed by atoms with Gasteiger partial charge in [0.2, 0.25) is 11.8 Å². The summed E-state index contributed by atoms with van der Waals surface area (Å²) in [6.07, 6.45) is 3.34. The average Bonchev–Trinajstić information content (AvgIpc) is 2.66. The van der Waals surface area contributed by atoms with E-state index >= 15 is 0 Å². The summed E-state index contributed by atoms with van der Waals surface area (Å²) in [5.74, 6) is -0.505. The molecule has 0 aliphatic heterocycles. The molecule has 2 rings (SSSR count). The molecule has 136 valence electrons. The zero-order chi connectivity index (χ0) is 18.8. The molecular formula is C18H22N6O2. The standard InChI is InChI=1S/C18H22N6O2/c19-18(20)15-5-3-13(4-6-15)8-22-11-16(25)24-12-17(26)23-10-14-2-1-7-21-9-14/h1-7,9,22H,8,10-12H2,(H3,19,20)(H,23,26)(H,24,25). The molecule has 1 heterocycles. The lowest BCUT2D eigenvalue weighted by atomic mass is 10.1. The van der Waals surface area contributed by atoms with Crippen LogP contribution in [0.15, 0.2) is 48.8 Å². The van der Waals surface area contributed by atoms with Gasteiger partial charge in [-0.15, -0.1) is 0 Å². The zero-order valence-electron chi connectivity index (χ0n) is 14.3. The first kappa shape index (κ1) is 19.1. The number of carbonyl (C=O) groups excluding carboxylic acids is 2. The summed E-state index contributed by atoms with van der Waals surface area (Å²) in [6, 6.07) is 10.8. The zero-order valence-corrected chi connectivity index (χ0v) is 14.3. The summed E-state index contributed by atoms with van der Waals surface area (Å²) in [6.45, 7) is 0.897. The van der Waals surface area contributed by atoms with Crippen LogP contribution in [0, 0.1) is 5.41 Å². The number of hydrogen-bond donors (Lipinski definition) is 5. The second kappa shape index (κ2) is 9.90. The summed E-state index contributed by atoms with van der Waals surface area (Å²) in [5.41, 5.74) is 7.91. The van der Waals surface area contributed by atoms with E-state index in [-0.39, 0.29) is 30.7 Å². The largest absolute Gasteiger partial charge is 0.384 e. The SMILES string of the molecule is N=C(N)c1ccc(CNCC(=O)NCC(=O)NCc2cccnc2)cc1. The van der Waals surface area contributed by atoms with Gasteiger partial charge >= 0.3 is 0 Å². The average molecular weight is 354 g/mol. The van der Waals surface area contributed by atoms with E-state index in [1.54, 1.807) is 30.6 Å². The van der Waals surface area contributed by atoms with Crippen LogP contribution < -0.4 is 21.7 Å². The van der Waals surface area contributed by atoms with Crippen molar-refractivity contribution in [3.8, 4) is 0 Å². The minimum atomic E-state index is -0.262. The molecule has 0 bridgehead atoms. The van der Waals surface area contributed by atoms with Crippen molar-refractivity contribution in [3.63, 3.8) is 0 Å². The third-order valence-electron chi connectivity index (χ3n) is 3.54. The summed E-state index contributed by atoms with van der Waals surface area (Å²) < 4.78 is 0. The molecule has 1 aromatic heterocycles. The van der Waals surface area contributed by atoms with Gasteiger partial charge in [0.25, 0.3) is 0 Å². The van der Waals surface area contributed by atoms with E-state index in [9.17, 15) is 9.59 Å². The van der Waals surface area contributed by atoms with Crippen molar-refractivity contribution in [2.75, 3.05) is 13.1 Å². The Labute approximate surface area is 151 Å². The topological polar surface area (TPSA) is 133 Å². The van der Waals surface area contributed by atoms with Crippen LogP contribution in [0.5, 0.6) is 0 Å². The van der Waals surface area contributed by atoms with E-state index in [0.717, 1.165) is 11.1 Å². The molecule has 0 fully saturated rings. The number of nitrogens with zero attached hydrogens (tertiary/aromatic N) is 1. The maximum atomic E-state index is 11.7. The van der Waals surface area contributed by atoms with E-state index in [0.29, 0.717) is 18.7 Å². The highest BCUT2D eigenvalue weighted by atomic mass is 16.2. The Morgan fingerprint density at radius 1 is 0.962 bits per heavy atom. The molecule has 1 aromatic carbocycles. The van der Waals surface area contributed by atoms with Crippen LogP contribution in [0.1, 0.15) is 16.7 Å². The van der Waals surface area contributed by atoms with Gasteiger partial charge in [-0.05, 0) is 17.2 Å². The first-order valence-electron chi connectivity index (χ1n) is 8.11. The molecule has 6 N–H and O–H groups in total. The van der Waals surface area contributed by atoms with Gasteiger partial charge in [-0.3, -0.25) is 20.0 Å². The maximum absolute atomic E-state index is 11.7. The number of amides is 2. The molecule has 2 amide bonds. The van der Waals surface area contributed by atoms with Crippen molar-refractivity contribution in [2.45, 2.75) is 13.1 Å². The van der Waals surface area contributed by atoms with Crippen molar-refractivity contribution in [1.82, 2.24) is 20.9 Å². The molecule has 0 atom stereocenters. The Morgan fingerprint density at radius 3 is 2.35 bits per heavy atom. The fourth-order valence-electron chi connectivity index (χ4n) is 2.13. The number of benzene rings is 1. The number of rotatable bonds is 9. The molecular weight excluding hydrogens is 332 g/mol. The summed E-state index contributed by atoms with van der Waals surface area (Å²) >= 11 is 0. The van der Waals surface area contributed by atoms with Crippen LogP contribution in [0.3, 0.4) is 0 Å². The molecule has 0 saturated carbocycles. The van der Waals surface area contributed by atoms with E-state index in [1.165, 1.54) is 0 Å². The second-order valence-electron chi connectivity index (χ2n) is 5.63. The number of nitrogens with one attached hydrogen (secondary N) is 4. The first-order chi connectivity index (χ1) is 12.5. The smallest absolute Gasteiger partial charge is 0.239 e. The lowest BCUT2D eigenvalue weighted by Crippen LogP contribution is -2.40. The monoisotopic (exact) mass is 354 g/mol. The van der Waals surface area contributed by atoms with Gasteiger partial charge in [0.05, 0.1) is 13.1 Å². The normalized spacial score (nSPS) is 10.2. The summed E-state index contributed by atoms with van der Waals surface area (Å²) in [4.78, 5) is 27.4.